The smallest absolute Gasteiger partial charge is 1.00 e. The number of hydrogen-bond donors (Lipinski definition) is 5. The van der Waals surface area contributed by atoms with Crippen LogP contribution in [0.25, 0.3) is 0 Å². The Balaban J connectivity index is 0.00000512. The summed E-state index contributed by atoms with van der Waals surface area (Å²) in [5.74, 6) is -0.0652. The monoisotopic (exact) mass is 563 g/mol. The zero-order chi connectivity index (χ0) is 23.6. The van der Waals surface area contributed by atoms with E-state index in [-0.39, 0.29) is 76.2 Å². The first kappa shape index (κ1) is 33.7. The van der Waals surface area contributed by atoms with Crippen molar-refractivity contribution < 1.29 is 115 Å². The quantitative estimate of drug-likeness (QED) is 0.102. The minimum absolute atomic E-state index is 0. The van der Waals surface area contributed by atoms with E-state index in [1.165, 1.54) is 12.3 Å². The summed E-state index contributed by atoms with van der Waals surface area (Å²) in [6, 6.07) is 1.26. The summed E-state index contributed by atoms with van der Waals surface area (Å²) >= 11 is 0. The van der Waals surface area contributed by atoms with Crippen LogP contribution < -0.4 is 75.2 Å². The van der Waals surface area contributed by atoms with Gasteiger partial charge in [0.05, 0.1) is 27.7 Å². The molecule has 1 aliphatic rings. The molecule has 1 saturated heterocycles. The van der Waals surface area contributed by atoms with E-state index >= 15 is 0 Å². The number of aliphatic hydroxyl groups is 2. The number of hydrogen-bond acceptors (Lipinski definition) is 11. The molecule has 0 radical (unpaired) electrons. The van der Waals surface area contributed by atoms with Gasteiger partial charge >= 0.3 is 72.7 Å². The van der Waals surface area contributed by atoms with Crippen LogP contribution in [-0.2, 0) is 27.2 Å². The molecule has 2 rings (SSSR count). The molecular formula is C14H27ClKN4O11P2+. The van der Waals surface area contributed by atoms with Gasteiger partial charge in [0.15, 0.2) is 6.23 Å². The molecule has 186 valence electrons. The Labute approximate surface area is 238 Å². The van der Waals surface area contributed by atoms with Crippen LogP contribution in [0, 0.1) is 0 Å². The maximum absolute atomic E-state index is 12.0. The molecule has 2 heterocycles. The number of nitrogens with zero attached hydrogens (tertiary/aromatic N) is 3. The molecule has 0 amide bonds. The predicted octanol–water partition coefficient (Wildman–Crippen LogP) is -7.59. The van der Waals surface area contributed by atoms with Crippen molar-refractivity contribution in [2.75, 3.05) is 46.6 Å². The molecule has 0 saturated carbocycles. The second-order valence-corrected chi connectivity index (χ2v) is 10.8. The number of rotatable bonds is 10. The number of anilines is 1. The third-order valence-electron chi connectivity index (χ3n) is 4.09. The molecular weight excluding hydrogens is 537 g/mol. The number of phosphoric acid groups is 2. The molecule has 1 fully saturated rings. The third-order valence-corrected chi connectivity index (χ3v) is 6.72. The van der Waals surface area contributed by atoms with Crippen molar-refractivity contribution in [3.05, 3.63) is 22.7 Å². The molecule has 0 spiro atoms. The molecule has 0 aliphatic carbocycles. The minimum atomic E-state index is -5.11. The van der Waals surface area contributed by atoms with E-state index < -0.39 is 52.5 Å². The van der Waals surface area contributed by atoms with Gasteiger partial charge in [0.1, 0.15) is 37.3 Å². The molecule has 1 aromatic rings. The first-order chi connectivity index (χ1) is 14.1. The Morgan fingerprint density at radius 2 is 1.76 bits per heavy atom. The van der Waals surface area contributed by atoms with E-state index in [2.05, 4.69) is 18.3 Å². The summed E-state index contributed by atoms with van der Waals surface area (Å²) in [6.07, 6.45) is -4.82. The molecule has 19 heteroatoms. The average Bonchev–Trinajstić information content (AvgIpc) is 2.86. The zero-order valence-electron chi connectivity index (χ0n) is 18.4. The second-order valence-electron chi connectivity index (χ2n) is 7.75. The Bertz CT molecular complexity index is 933. The summed E-state index contributed by atoms with van der Waals surface area (Å²) < 4.78 is 43.9. The van der Waals surface area contributed by atoms with Gasteiger partial charge in [-0.15, -0.1) is 0 Å². The van der Waals surface area contributed by atoms with Crippen LogP contribution in [0.2, 0.25) is 0 Å². The van der Waals surface area contributed by atoms with Gasteiger partial charge in [0.2, 0.25) is 0 Å². The Kier molecular flexibility index (Phi) is 13.6. The summed E-state index contributed by atoms with van der Waals surface area (Å²) in [5.41, 5.74) is 4.53. The number of ether oxygens (including phenoxy) is 1. The molecule has 6 N–H and O–H groups in total. The molecule has 6 atom stereocenters. The number of nitrogen functional groups attached to an aromatic ring is 1. The maximum atomic E-state index is 12.0. The maximum Gasteiger partial charge on any atom is 1.00 e. The van der Waals surface area contributed by atoms with Gasteiger partial charge < -0.3 is 47.4 Å². The molecule has 15 nitrogen and oxygen atoms in total. The molecule has 33 heavy (non-hydrogen) atoms. The van der Waals surface area contributed by atoms with Gasteiger partial charge in [-0.3, -0.25) is 13.6 Å². The van der Waals surface area contributed by atoms with E-state index in [0.717, 1.165) is 4.57 Å². The first-order valence-corrected chi connectivity index (χ1v) is 11.9. The number of quaternary nitrogens is 1. The van der Waals surface area contributed by atoms with Gasteiger partial charge in [0.25, 0.3) is 0 Å². The fourth-order valence-corrected chi connectivity index (χ4v) is 4.56. The van der Waals surface area contributed by atoms with Crippen molar-refractivity contribution in [3.8, 4) is 0 Å². The van der Waals surface area contributed by atoms with Gasteiger partial charge in [0, 0.05) is 6.20 Å². The fourth-order valence-electron chi connectivity index (χ4n) is 2.49. The number of phosphoric ester groups is 2. The van der Waals surface area contributed by atoms with Crippen LogP contribution in [0.4, 0.5) is 5.82 Å². The van der Waals surface area contributed by atoms with Gasteiger partial charge in [-0.2, -0.15) is 9.29 Å². The van der Waals surface area contributed by atoms with Crippen LogP contribution in [-0.4, -0.2) is 93.2 Å². The van der Waals surface area contributed by atoms with Crippen LogP contribution in [0.1, 0.15) is 6.23 Å². The van der Waals surface area contributed by atoms with Gasteiger partial charge in [-0.25, -0.2) is 13.9 Å². The topological polar surface area (TPSA) is 213 Å². The number of likely N-dealkylation sites (N-methyl/N-ethyl adjacent to an activating group) is 1. The van der Waals surface area contributed by atoms with Crippen LogP contribution in [0.5, 0.6) is 0 Å². The zero-order valence-corrected chi connectivity index (χ0v) is 24.1. The first-order valence-electron chi connectivity index (χ1n) is 8.93. The average molecular weight is 564 g/mol. The fraction of sp³-hybridized carbons (Fsp3) is 0.714. The van der Waals surface area contributed by atoms with Crippen molar-refractivity contribution in [2.45, 2.75) is 24.5 Å². The van der Waals surface area contributed by atoms with Crippen molar-refractivity contribution in [1.82, 2.24) is 9.55 Å². The minimum Gasteiger partial charge on any atom is -1.00 e. The van der Waals surface area contributed by atoms with Crippen LogP contribution >= 0.6 is 15.6 Å². The molecule has 0 aromatic carbocycles. The molecule has 1 aromatic heterocycles. The van der Waals surface area contributed by atoms with Crippen molar-refractivity contribution >= 4 is 21.5 Å². The van der Waals surface area contributed by atoms with E-state index in [9.17, 15) is 33.9 Å². The van der Waals surface area contributed by atoms with Crippen molar-refractivity contribution in [3.63, 3.8) is 0 Å². The van der Waals surface area contributed by atoms with E-state index in [4.69, 9.17) is 10.5 Å². The normalized spacial score (nSPS) is 26.5. The molecule has 0 bridgehead atoms. The van der Waals surface area contributed by atoms with Crippen LogP contribution in [0.3, 0.4) is 0 Å². The van der Waals surface area contributed by atoms with Crippen molar-refractivity contribution in [2.24, 2.45) is 0 Å². The van der Waals surface area contributed by atoms with Crippen LogP contribution in [0.15, 0.2) is 17.1 Å². The Morgan fingerprint density at radius 1 is 1.18 bits per heavy atom. The van der Waals surface area contributed by atoms with Gasteiger partial charge in [-0.1, -0.05) is 0 Å². The summed E-state index contributed by atoms with van der Waals surface area (Å²) in [7, 11) is -4.64. The van der Waals surface area contributed by atoms with E-state index in [0.29, 0.717) is 11.0 Å². The second kappa shape index (κ2) is 13.3. The molecule has 1 aliphatic heterocycles. The summed E-state index contributed by atoms with van der Waals surface area (Å²) in [4.78, 5) is 34.7. The number of nitrogens with two attached hydrogens (primary N) is 1. The van der Waals surface area contributed by atoms with E-state index in [1.54, 1.807) is 21.1 Å². The standard InChI is InChI=1S/C14H26N4O11P2.ClH.K/c1-18(2,3)6-7-26-30(22,23)29-31(24,25)27-8-9-11(19)12(20)13(28-9)17-5-4-10(15)16-14(17)21;;/h4-5,9,11-13,19-20H,6-8H2,1-3H3,(H3-,15,16,21,22,23,24,25);1H;/q;;+1/t9-,11-,12-,13-;;/m1../s1. The van der Waals surface area contributed by atoms with Gasteiger partial charge in [-0.05, 0) is 6.07 Å². The SMILES string of the molecule is C[N+](C)(C)CCOP(=O)(O)OP(=O)(O)OC[C@H]1O[C@@H](n2ccc(N)nc2=O)[C@H](O)[C@@H]1O.[Cl-].[K+]. The largest absolute Gasteiger partial charge is 1.00 e. The number of aliphatic hydroxyl groups excluding tert-OH is 2. The predicted molar refractivity (Wildman–Crippen MR) is 104 cm³/mol. The van der Waals surface area contributed by atoms with E-state index in [1.807, 2.05) is 0 Å². The summed E-state index contributed by atoms with van der Waals surface area (Å²) in [5, 5.41) is 20.2. The Hall–Kier alpha value is 0.706. The molecule has 2 unspecified atom stereocenters. The summed E-state index contributed by atoms with van der Waals surface area (Å²) in [6.45, 7) is -0.746. The number of aromatic nitrogens is 2. The Morgan fingerprint density at radius 3 is 2.30 bits per heavy atom. The number of halogens is 1. The van der Waals surface area contributed by atoms with Crippen molar-refractivity contribution in [1.29, 1.82) is 0 Å². The third kappa shape index (κ3) is 10.7.